The Hall–Kier alpha value is -2.26. The van der Waals surface area contributed by atoms with E-state index in [9.17, 15) is 14.7 Å². The number of aromatic hydroxyl groups is 1. The minimum atomic E-state index is -0.548. The number of rotatable bonds is 6. The Morgan fingerprint density at radius 2 is 2.15 bits per heavy atom. The van der Waals surface area contributed by atoms with Gasteiger partial charge in [-0.3, -0.25) is 9.78 Å². The van der Waals surface area contributed by atoms with Crippen molar-refractivity contribution in [2.45, 2.75) is 45.4 Å². The number of hydrogen-bond acceptors (Lipinski definition) is 7. The average molecular weight is 408 g/mol. The highest BCUT2D eigenvalue weighted by Gasteiger charge is 2.26. The van der Waals surface area contributed by atoms with E-state index in [1.54, 1.807) is 0 Å². The lowest BCUT2D eigenvalue weighted by Gasteiger charge is -2.12. The van der Waals surface area contributed by atoms with Gasteiger partial charge in [0, 0.05) is 11.1 Å². The molecule has 2 aromatic rings. The van der Waals surface area contributed by atoms with Gasteiger partial charge >= 0.3 is 5.97 Å². The Morgan fingerprint density at radius 1 is 1.37 bits per heavy atom. The van der Waals surface area contributed by atoms with Gasteiger partial charge in [0.1, 0.15) is 10.6 Å². The van der Waals surface area contributed by atoms with Crippen LogP contribution in [0.25, 0.3) is 0 Å². The van der Waals surface area contributed by atoms with E-state index >= 15 is 0 Å². The number of fused-ring (bicyclic) bond motifs is 1. The molecule has 0 fully saturated rings. The van der Waals surface area contributed by atoms with Crippen LogP contribution in [0.4, 0.5) is 5.00 Å². The molecule has 144 valence electrons. The van der Waals surface area contributed by atoms with Gasteiger partial charge in [0.15, 0.2) is 4.77 Å². The predicted octanol–water partition coefficient (Wildman–Crippen LogP) is 3.79. The van der Waals surface area contributed by atoms with Crippen LogP contribution in [0, 0.1) is 4.77 Å². The maximum atomic E-state index is 12.6. The zero-order valence-electron chi connectivity index (χ0n) is 15.0. The van der Waals surface area contributed by atoms with Crippen molar-refractivity contribution >= 4 is 40.7 Å². The number of nitrogens with one attached hydrogen (secondary N) is 2. The van der Waals surface area contributed by atoms with Gasteiger partial charge in [0.2, 0.25) is 5.88 Å². The molecule has 0 saturated heterocycles. The van der Waals surface area contributed by atoms with Crippen molar-refractivity contribution < 1.29 is 14.6 Å². The highest BCUT2D eigenvalue weighted by Crippen LogP contribution is 2.40. The third-order valence-electron chi connectivity index (χ3n) is 4.36. The Kier molecular flexibility index (Phi) is 6.22. The third kappa shape index (κ3) is 4.36. The van der Waals surface area contributed by atoms with E-state index in [0.717, 1.165) is 49.0 Å². The van der Waals surface area contributed by atoms with Gasteiger partial charge in [-0.25, -0.2) is 9.79 Å². The predicted molar refractivity (Wildman–Crippen MR) is 107 cm³/mol. The second-order valence-electron chi connectivity index (χ2n) is 6.31. The Bertz CT molecular complexity index is 987. The molecule has 9 heteroatoms. The molecule has 0 aromatic carbocycles. The van der Waals surface area contributed by atoms with E-state index in [0.29, 0.717) is 17.2 Å². The van der Waals surface area contributed by atoms with Crippen molar-refractivity contribution in [2.24, 2.45) is 4.99 Å². The van der Waals surface area contributed by atoms with Gasteiger partial charge in [-0.1, -0.05) is 13.3 Å². The number of aromatic amines is 2. The zero-order valence-corrected chi connectivity index (χ0v) is 16.6. The summed E-state index contributed by atoms with van der Waals surface area (Å²) in [6.45, 7) is 2.41. The molecule has 0 spiro atoms. The lowest BCUT2D eigenvalue weighted by atomic mass is 9.95. The quantitative estimate of drug-likeness (QED) is 0.292. The van der Waals surface area contributed by atoms with Gasteiger partial charge < -0.3 is 14.8 Å². The van der Waals surface area contributed by atoms with Crippen LogP contribution in [0.3, 0.4) is 0 Å². The molecule has 0 bridgehead atoms. The number of aliphatic imine (C=N–C) groups is 1. The van der Waals surface area contributed by atoms with E-state index in [1.807, 2.05) is 6.92 Å². The Morgan fingerprint density at radius 3 is 2.89 bits per heavy atom. The number of thiophene rings is 1. The summed E-state index contributed by atoms with van der Waals surface area (Å²) in [7, 11) is 0. The fourth-order valence-electron chi connectivity index (χ4n) is 2.96. The van der Waals surface area contributed by atoms with Gasteiger partial charge in [-0.05, 0) is 49.9 Å². The lowest BCUT2D eigenvalue weighted by molar-refractivity contribution is 0.0500. The number of unbranched alkanes of at least 4 members (excludes halogenated alkanes) is 1. The first-order chi connectivity index (χ1) is 13.0. The number of nitrogens with zero attached hydrogens (tertiary/aromatic N) is 1. The number of aromatic nitrogens is 2. The van der Waals surface area contributed by atoms with E-state index < -0.39 is 5.56 Å². The average Bonchev–Trinajstić information content (AvgIpc) is 2.99. The van der Waals surface area contributed by atoms with Crippen LogP contribution in [0.1, 0.15) is 59.0 Å². The molecular weight excluding hydrogens is 386 g/mol. The number of hydrogen-bond donors (Lipinski definition) is 3. The molecule has 3 N–H and O–H groups in total. The smallest absolute Gasteiger partial charge is 0.341 e. The van der Waals surface area contributed by atoms with Crippen molar-refractivity contribution in [3.8, 4) is 5.88 Å². The molecular formula is C18H21N3O4S2. The first-order valence-corrected chi connectivity index (χ1v) is 10.1. The number of ether oxygens (including phenoxy) is 1. The lowest BCUT2D eigenvalue weighted by Crippen LogP contribution is -2.13. The molecule has 7 nitrogen and oxygen atoms in total. The van der Waals surface area contributed by atoms with Crippen molar-refractivity contribution in [2.75, 3.05) is 6.61 Å². The molecule has 0 unspecified atom stereocenters. The first kappa shape index (κ1) is 19.5. The second kappa shape index (κ2) is 8.62. The number of esters is 1. The van der Waals surface area contributed by atoms with Crippen LogP contribution in [0.2, 0.25) is 0 Å². The fraction of sp³-hybridized carbons (Fsp3) is 0.444. The topological polar surface area (TPSA) is 108 Å². The van der Waals surface area contributed by atoms with Crippen LogP contribution in [-0.4, -0.2) is 33.9 Å². The van der Waals surface area contributed by atoms with Gasteiger partial charge in [-0.15, -0.1) is 11.3 Å². The molecule has 27 heavy (non-hydrogen) atoms. The monoisotopic (exact) mass is 407 g/mol. The number of aryl methyl sites for hydroxylation is 1. The molecule has 0 radical (unpaired) electrons. The van der Waals surface area contributed by atoms with E-state index in [2.05, 4.69) is 15.0 Å². The largest absolute Gasteiger partial charge is 0.494 e. The fourth-order valence-corrected chi connectivity index (χ4v) is 4.37. The minimum Gasteiger partial charge on any atom is -0.494 e. The molecule has 1 aliphatic carbocycles. The van der Waals surface area contributed by atoms with E-state index in [-0.39, 0.29) is 22.2 Å². The number of H-pyrrole nitrogens is 2. The number of carbonyl (C=O) groups excluding carboxylic acids is 1. The highest BCUT2D eigenvalue weighted by molar-refractivity contribution is 7.71. The van der Waals surface area contributed by atoms with Gasteiger partial charge in [0.25, 0.3) is 5.56 Å². The van der Waals surface area contributed by atoms with E-state index in [4.69, 9.17) is 17.0 Å². The van der Waals surface area contributed by atoms with E-state index in [1.165, 1.54) is 17.6 Å². The first-order valence-electron chi connectivity index (χ1n) is 8.92. The Balaban J connectivity index is 1.98. The number of carbonyl (C=O) groups is 1. The third-order valence-corrected chi connectivity index (χ3v) is 5.76. The normalized spacial score (nSPS) is 13.7. The molecule has 0 saturated carbocycles. The molecule has 2 heterocycles. The molecule has 0 amide bonds. The van der Waals surface area contributed by atoms with Crippen LogP contribution < -0.4 is 5.56 Å². The van der Waals surface area contributed by atoms with Gasteiger partial charge in [0.05, 0.1) is 12.2 Å². The molecule has 2 aromatic heterocycles. The molecule has 3 rings (SSSR count). The molecule has 0 aliphatic heterocycles. The summed E-state index contributed by atoms with van der Waals surface area (Å²) in [6, 6.07) is 0. The summed E-state index contributed by atoms with van der Waals surface area (Å²) >= 11 is 6.25. The summed E-state index contributed by atoms with van der Waals surface area (Å²) in [5.41, 5.74) is 0.904. The maximum absolute atomic E-state index is 12.6. The molecule has 1 aliphatic rings. The van der Waals surface area contributed by atoms with Crippen molar-refractivity contribution in [3.63, 3.8) is 0 Å². The summed E-state index contributed by atoms with van der Waals surface area (Å²) < 4.78 is 5.43. The summed E-state index contributed by atoms with van der Waals surface area (Å²) in [4.78, 5) is 35.0. The SMILES string of the molecule is CCCCOC(=O)c1c(N=Cc2c(O)[nH]c(=S)[nH]c2=O)sc2c1CCCC2. The molecule has 0 atom stereocenters. The van der Waals surface area contributed by atoms with Gasteiger partial charge in [-0.2, -0.15) is 0 Å². The standard InChI is InChI=1S/C18H21N3O4S2/c1-2-3-8-25-17(24)13-10-6-4-5-7-12(10)27-16(13)19-9-11-14(22)20-18(26)21-15(11)23/h9H,2-8H2,1H3,(H3,20,21,22,23,26). The van der Waals surface area contributed by atoms with Crippen LogP contribution in [0.5, 0.6) is 5.88 Å². The summed E-state index contributed by atoms with van der Waals surface area (Å²) in [6.07, 6.45) is 6.84. The van der Waals surface area contributed by atoms with Crippen molar-refractivity contribution in [1.29, 1.82) is 0 Å². The Labute approximate surface area is 165 Å². The van der Waals surface area contributed by atoms with Crippen molar-refractivity contribution in [1.82, 2.24) is 9.97 Å². The van der Waals surface area contributed by atoms with Crippen LogP contribution in [-0.2, 0) is 17.6 Å². The minimum absolute atomic E-state index is 0.0291. The highest BCUT2D eigenvalue weighted by atomic mass is 32.1. The maximum Gasteiger partial charge on any atom is 0.341 e. The van der Waals surface area contributed by atoms with Crippen LogP contribution >= 0.6 is 23.6 Å². The van der Waals surface area contributed by atoms with Crippen molar-refractivity contribution in [3.05, 3.63) is 36.7 Å². The second-order valence-corrected chi connectivity index (χ2v) is 7.80. The summed E-state index contributed by atoms with van der Waals surface area (Å²) in [5.74, 6) is -0.735. The van der Waals surface area contributed by atoms with Crippen LogP contribution in [0.15, 0.2) is 9.79 Å². The summed E-state index contributed by atoms with van der Waals surface area (Å²) in [5, 5.41) is 10.4. The zero-order chi connectivity index (χ0) is 19.4.